The predicted octanol–water partition coefficient (Wildman–Crippen LogP) is 1.99. The minimum atomic E-state index is -0.103. The number of nitrogens with zero attached hydrogens (tertiary/aromatic N) is 3. The minimum Gasteiger partial charge on any atom is -0.310 e. The van der Waals surface area contributed by atoms with Gasteiger partial charge in [-0.3, -0.25) is 4.79 Å². The van der Waals surface area contributed by atoms with Crippen LogP contribution in [0.5, 0.6) is 0 Å². The summed E-state index contributed by atoms with van der Waals surface area (Å²) >= 11 is 0. The van der Waals surface area contributed by atoms with Crippen LogP contribution in [0.2, 0.25) is 0 Å². The number of hydrogen-bond donors (Lipinski definition) is 1. The molecular formula is C14H12N4O. The quantitative estimate of drug-likeness (QED) is 0.758. The van der Waals surface area contributed by atoms with Crippen LogP contribution in [0.4, 0.5) is 0 Å². The summed E-state index contributed by atoms with van der Waals surface area (Å²) in [4.78, 5) is 19.5. The summed E-state index contributed by atoms with van der Waals surface area (Å²) in [5.41, 5.74) is 1.45. The van der Waals surface area contributed by atoms with Crippen molar-refractivity contribution in [1.82, 2.24) is 19.7 Å². The van der Waals surface area contributed by atoms with Crippen LogP contribution in [0.1, 0.15) is 24.6 Å². The van der Waals surface area contributed by atoms with Crippen molar-refractivity contribution in [3.63, 3.8) is 0 Å². The fraction of sp³-hybridized carbons (Fsp3) is 0.214. The van der Waals surface area contributed by atoms with Crippen LogP contribution in [0, 0.1) is 0 Å². The molecule has 0 spiro atoms. The Kier molecular flexibility index (Phi) is 2.09. The number of hydrogen-bond acceptors (Lipinski definition) is 3. The number of aromatic nitrogens is 4. The van der Waals surface area contributed by atoms with Gasteiger partial charge in [-0.25, -0.2) is 9.67 Å². The van der Waals surface area contributed by atoms with Crippen molar-refractivity contribution < 1.29 is 0 Å². The van der Waals surface area contributed by atoms with Crippen LogP contribution in [0.3, 0.4) is 0 Å². The highest BCUT2D eigenvalue weighted by molar-refractivity contribution is 5.75. The van der Waals surface area contributed by atoms with Gasteiger partial charge in [-0.15, -0.1) is 0 Å². The smallest absolute Gasteiger partial charge is 0.262 e. The molecule has 5 nitrogen and oxygen atoms in total. The zero-order valence-corrected chi connectivity index (χ0v) is 10.2. The molecule has 0 bridgehead atoms. The number of para-hydroxylation sites is 1. The van der Waals surface area contributed by atoms with E-state index in [-0.39, 0.29) is 5.56 Å². The molecule has 19 heavy (non-hydrogen) atoms. The first kappa shape index (κ1) is 10.5. The predicted molar refractivity (Wildman–Crippen MR) is 71.5 cm³/mol. The van der Waals surface area contributed by atoms with Gasteiger partial charge in [0.25, 0.3) is 5.56 Å². The molecule has 1 aromatic carbocycles. The molecule has 2 aromatic heterocycles. The Balaban J connectivity index is 1.99. The first-order chi connectivity index (χ1) is 9.33. The summed E-state index contributed by atoms with van der Waals surface area (Å²) in [6, 6.07) is 9.74. The summed E-state index contributed by atoms with van der Waals surface area (Å²) in [6.45, 7) is 0. The molecule has 4 rings (SSSR count). The SMILES string of the molecule is O=c1[nH]c(C2CC2)nc2c1cnn2-c1ccccc1. The standard InChI is InChI=1S/C14H12N4O/c19-14-11-8-15-18(10-4-2-1-3-5-10)13(11)16-12(17-14)9-6-7-9/h1-5,8-9H,6-7H2,(H,16,17,19). The lowest BCUT2D eigenvalue weighted by atomic mass is 10.3. The average molecular weight is 252 g/mol. The van der Waals surface area contributed by atoms with Crippen molar-refractivity contribution in [2.75, 3.05) is 0 Å². The van der Waals surface area contributed by atoms with Crippen molar-refractivity contribution in [3.8, 4) is 5.69 Å². The maximum absolute atomic E-state index is 12.0. The highest BCUT2D eigenvalue weighted by Gasteiger charge is 2.27. The maximum atomic E-state index is 12.0. The van der Waals surface area contributed by atoms with Crippen molar-refractivity contribution in [2.45, 2.75) is 18.8 Å². The normalized spacial score (nSPS) is 14.9. The monoisotopic (exact) mass is 252 g/mol. The minimum absolute atomic E-state index is 0.103. The van der Waals surface area contributed by atoms with Crippen LogP contribution < -0.4 is 5.56 Å². The molecule has 1 saturated carbocycles. The molecule has 0 saturated heterocycles. The molecule has 0 radical (unpaired) electrons. The van der Waals surface area contributed by atoms with Crippen molar-refractivity contribution in [3.05, 3.63) is 52.7 Å². The van der Waals surface area contributed by atoms with E-state index in [1.165, 1.54) is 0 Å². The Hall–Kier alpha value is -2.43. The molecule has 0 amide bonds. The second-order valence-corrected chi connectivity index (χ2v) is 4.85. The fourth-order valence-corrected chi connectivity index (χ4v) is 2.24. The van der Waals surface area contributed by atoms with E-state index in [9.17, 15) is 4.79 Å². The third-order valence-corrected chi connectivity index (χ3v) is 3.42. The highest BCUT2D eigenvalue weighted by Crippen LogP contribution is 2.37. The molecule has 1 fully saturated rings. The van der Waals surface area contributed by atoms with Gasteiger partial charge in [0.15, 0.2) is 5.65 Å². The lowest BCUT2D eigenvalue weighted by molar-refractivity contribution is 0.869. The molecule has 1 aliphatic carbocycles. The number of H-pyrrole nitrogens is 1. The molecule has 0 unspecified atom stereocenters. The van der Waals surface area contributed by atoms with Gasteiger partial charge in [-0.05, 0) is 25.0 Å². The molecule has 2 heterocycles. The van der Waals surface area contributed by atoms with Crippen LogP contribution in [-0.2, 0) is 0 Å². The average Bonchev–Trinajstić information content (AvgIpc) is 3.20. The zero-order chi connectivity index (χ0) is 12.8. The van der Waals surface area contributed by atoms with Crippen molar-refractivity contribution >= 4 is 11.0 Å². The van der Waals surface area contributed by atoms with Gasteiger partial charge < -0.3 is 4.98 Å². The highest BCUT2D eigenvalue weighted by atomic mass is 16.1. The van der Waals surface area contributed by atoms with E-state index >= 15 is 0 Å². The van der Waals surface area contributed by atoms with E-state index in [0.29, 0.717) is 17.0 Å². The van der Waals surface area contributed by atoms with Crippen LogP contribution in [-0.4, -0.2) is 19.7 Å². The Morgan fingerprint density at radius 3 is 2.74 bits per heavy atom. The number of rotatable bonds is 2. The Morgan fingerprint density at radius 2 is 2.00 bits per heavy atom. The number of nitrogens with one attached hydrogen (secondary N) is 1. The summed E-state index contributed by atoms with van der Waals surface area (Å²) in [6.07, 6.45) is 3.78. The van der Waals surface area contributed by atoms with Crippen LogP contribution >= 0.6 is 0 Å². The Bertz CT molecular complexity index is 799. The van der Waals surface area contributed by atoms with Crippen LogP contribution in [0.15, 0.2) is 41.3 Å². The second-order valence-electron chi connectivity index (χ2n) is 4.85. The molecule has 1 N–H and O–H groups in total. The zero-order valence-electron chi connectivity index (χ0n) is 10.2. The Labute approximate surface area is 108 Å². The molecule has 3 aromatic rings. The first-order valence-electron chi connectivity index (χ1n) is 6.36. The molecule has 0 aliphatic heterocycles. The lowest BCUT2D eigenvalue weighted by Gasteiger charge is -2.03. The van der Waals surface area contributed by atoms with Crippen molar-refractivity contribution in [2.24, 2.45) is 0 Å². The van der Waals surface area contributed by atoms with E-state index in [1.54, 1.807) is 10.9 Å². The molecular weight excluding hydrogens is 240 g/mol. The molecule has 1 aliphatic rings. The van der Waals surface area contributed by atoms with Crippen molar-refractivity contribution in [1.29, 1.82) is 0 Å². The second kappa shape index (κ2) is 3.78. The maximum Gasteiger partial charge on any atom is 0.262 e. The van der Waals surface area contributed by atoms with Gasteiger partial charge in [-0.1, -0.05) is 18.2 Å². The van der Waals surface area contributed by atoms with Gasteiger partial charge in [-0.2, -0.15) is 5.10 Å². The first-order valence-corrected chi connectivity index (χ1v) is 6.36. The Morgan fingerprint density at radius 1 is 1.21 bits per heavy atom. The third-order valence-electron chi connectivity index (χ3n) is 3.42. The summed E-state index contributed by atoms with van der Waals surface area (Å²) < 4.78 is 1.72. The summed E-state index contributed by atoms with van der Waals surface area (Å²) in [7, 11) is 0. The molecule has 0 atom stereocenters. The van der Waals surface area contributed by atoms with E-state index in [1.807, 2.05) is 30.3 Å². The molecule has 5 heteroatoms. The van der Waals surface area contributed by atoms with Crippen LogP contribution in [0.25, 0.3) is 16.7 Å². The number of fused-ring (bicyclic) bond motifs is 1. The topological polar surface area (TPSA) is 63.6 Å². The summed E-state index contributed by atoms with van der Waals surface area (Å²) in [5, 5.41) is 4.82. The van der Waals surface area contributed by atoms with Gasteiger partial charge in [0.05, 0.1) is 11.9 Å². The lowest BCUT2D eigenvalue weighted by Crippen LogP contribution is -2.11. The summed E-state index contributed by atoms with van der Waals surface area (Å²) in [5.74, 6) is 1.20. The van der Waals surface area contributed by atoms with Gasteiger partial charge in [0.1, 0.15) is 11.2 Å². The largest absolute Gasteiger partial charge is 0.310 e. The third kappa shape index (κ3) is 1.66. The number of aromatic amines is 1. The van der Waals surface area contributed by atoms with Gasteiger partial charge in [0.2, 0.25) is 0 Å². The fourth-order valence-electron chi connectivity index (χ4n) is 2.24. The van der Waals surface area contributed by atoms with E-state index in [0.717, 1.165) is 24.4 Å². The molecule has 94 valence electrons. The van der Waals surface area contributed by atoms with E-state index in [4.69, 9.17) is 0 Å². The van der Waals surface area contributed by atoms with E-state index in [2.05, 4.69) is 15.1 Å². The van der Waals surface area contributed by atoms with E-state index < -0.39 is 0 Å². The van der Waals surface area contributed by atoms with Gasteiger partial charge >= 0.3 is 0 Å². The van der Waals surface area contributed by atoms with Gasteiger partial charge in [0, 0.05) is 5.92 Å². The number of benzene rings is 1.